The molecule has 0 unspecified atom stereocenters. The van der Waals surface area contributed by atoms with Crippen molar-refractivity contribution in [3.05, 3.63) is 47.2 Å². The molecular weight excluding hydrogens is 264 g/mol. The number of aromatic nitrogens is 1. The van der Waals surface area contributed by atoms with E-state index >= 15 is 0 Å². The second-order valence-corrected chi connectivity index (χ2v) is 6.15. The van der Waals surface area contributed by atoms with Crippen molar-refractivity contribution < 1.29 is 12.8 Å². The summed E-state index contributed by atoms with van der Waals surface area (Å²) in [6, 6.07) is 6.76. The van der Waals surface area contributed by atoms with Gasteiger partial charge in [-0.25, -0.2) is 18.1 Å². The molecule has 5 nitrogen and oxygen atoms in total. The molecule has 0 aliphatic carbocycles. The predicted octanol–water partition coefficient (Wildman–Crippen LogP) is 2.08. The molecule has 102 valence electrons. The van der Waals surface area contributed by atoms with Crippen LogP contribution in [-0.4, -0.2) is 13.4 Å². The first kappa shape index (κ1) is 13.8. The Morgan fingerprint density at radius 2 is 2.00 bits per heavy atom. The standard InChI is InChI=1S/C13H16N2O3S/c1-9-5-4-6-12(7-9)19(16,17)14-8-13-10(2)15-11(3)18-13/h4-7,14H,8H2,1-3H3. The smallest absolute Gasteiger partial charge is 0.240 e. The molecule has 0 aliphatic heterocycles. The summed E-state index contributed by atoms with van der Waals surface area (Å²) < 4.78 is 32.0. The van der Waals surface area contributed by atoms with Gasteiger partial charge in [0.05, 0.1) is 17.1 Å². The molecule has 1 N–H and O–H groups in total. The highest BCUT2D eigenvalue weighted by Crippen LogP contribution is 2.13. The summed E-state index contributed by atoms with van der Waals surface area (Å²) >= 11 is 0. The van der Waals surface area contributed by atoms with Gasteiger partial charge in [0.1, 0.15) is 5.76 Å². The van der Waals surface area contributed by atoms with Crippen LogP contribution in [0, 0.1) is 20.8 Å². The Labute approximate surface area is 112 Å². The maximum atomic E-state index is 12.1. The molecule has 0 aliphatic rings. The van der Waals surface area contributed by atoms with Crippen LogP contribution in [0.1, 0.15) is 22.9 Å². The van der Waals surface area contributed by atoms with Crippen molar-refractivity contribution in [1.29, 1.82) is 0 Å². The topological polar surface area (TPSA) is 72.2 Å². The molecule has 0 amide bonds. The van der Waals surface area contributed by atoms with Crippen molar-refractivity contribution in [3.8, 4) is 0 Å². The highest BCUT2D eigenvalue weighted by atomic mass is 32.2. The fourth-order valence-electron chi connectivity index (χ4n) is 1.76. The molecule has 19 heavy (non-hydrogen) atoms. The van der Waals surface area contributed by atoms with Gasteiger partial charge in [0.15, 0.2) is 5.89 Å². The fraction of sp³-hybridized carbons (Fsp3) is 0.308. The number of sulfonamides is 1. The first-order valence-corrected chi connectivity index (χ1v) is 7.36. The number of hydrogen-bond donors (Lipinski definition) is 1. The van der Waals surface area contributed by atoms with Gasteiger partial charge in [-0.3, -0.25) is 0 Å². The first-order chi connectivity index (χ1) is 8.88. The molecule has 2 rings (SSSR count). The Hall–Kier alpha value is -1.66. The molecule has 0 radical (unpaired) electrons. The Kier molecular flexibility index (Phi) is 3.73. The SMILES string of the molecule is Cc1cccc(S(=O)(=O)NCc2oc(C)nc2C)c1. The summed E-state index contributed by atoms with van der Waals surface area (Å²) in [6.45, 7) is 5.46. The van der Waals surface area contributed by atoms with Crippen LogP contribution in [0.25, 0.3) is 0 Å². The first-order valence-electron chi connectivity index (χ1n) is 5.88. The molecule has 1 aromatic carbocycles. The second-order valence-electron chi connectivity index (χ2n) is 4.38. The van der Waals surface area contributed by atoms with Crippen molar-refractivity contribution in [2.24, 2.45) is 0 Å². The fourth-order valence-corrected chi connectivity index (χ4v) is 2.85. The lowest BCUT2D eigenvalue weighted by Crippen LogP contribution is -2.23. The van der Waals surface area contributed by atoms with Crippen LogP contribution in [0.15, 0.2) is 33.6 Å². The monoisotopic (exact) mass is 280 g/mol. The molecule has 0 saturated carbocycles. The van der Waals surface area contributed by atoms with Crippen LogP contribution in [0.5, 0.6) is 0 Å². The molecule has 2 aromatic rings. The second kappa shape index (κ2) is 5.14. The van der Waals surface area contributed by atoms with Crippen LogP contribution >= 0.6 is 0 Å². The summed E-state index contributed by atoms with van der Waals surface area (Å²) in [5, 5.41) is 0. The largest absolute Gasteiger partial charge is 0.444 e. The molecule has 0 fully saturated rings. The van der Waals surface area contributed by atoms with E-state index in [0.717, 1.165) is 5.56 Å². The van der Waals surface area contributed by atoms with Crippen LogP contribution < -0.4 is 4.72 Å². The maximum absolute atomic E-state index is 12.1. The van der Waals surface area contributed by atoms with Gasteiger partial charge >= 0.3 is 0 Å². The molecule has 1 heterocycles. The average Bonchev–Trinajstić information content (AvgIpc) is 2.65. The minimum atomic E-state index is -3.53. The number of benzene rings is 1. The third-order valence-corrected chi connectivity index (χ3v) is 4.12. The predicted molar refractivity (Wildman–Crippen MR) is 71.2 cm³/mol. The molecule has 1 aromatic heterocycles. The van der Waals surface area contributed by atoms with Crippen LogP contribution in [0.4, 0.5) is 0 Å². The number of aryl methyl sites for hydroxylation is 3. The number of hydrogen-bond acceptors (Lipinski definition) is 4. The van der Waals surface area contributed by atoms with Crippen molar-refractivity contribution in [2.75, 3.05) is 0 Å². The van der Waals surface area contributed by atoms with E-state index in [2.05, 4.69) is 9.71 Å². The van der Waals surface area contributed by atoms with Crippen molar-refractivity contribution in [3.63, 3.8) is 0 Å². The van der Waals surface area contributed by atoms with E-state index in [-0.39, 0.29) is 11.4 Å². The van der Waals surface area contributed by atoms with Gasteiger partial charge in [-0.2, -0.15) is 0 Å². The minimum Gasteiger partial charge on any atom is -0.444 e. The van der Waals surface area contributed by atoms with Crippen molar-refractivity contribution in [2.45, 2.75) is 32.2 Å². The lowest BCUT2D eigenvalue weighted by atomic mass is 10.2. The van der Waals surface area contributed by atoms with E-state index < -0.39 is 10.0 Å². The Morgan fingerprint density at radius 3 is 2.58 bits per heavy atom. The Morgan fingerprint density at radius 1 is 1.26 bits per heavy atom. The summed E-state index contributed by atoms with van der Waals surface area (Å²) in [6.07, 6.45) is 0. The third-order valence-electron chi connectivity index (χ3n) is 2.72. The Balaban J connectivity index is 2.16. The van der Waals surface area contributed by atoms with E-state index in [0.29, 0.717) is 17.3 Å². The van der Waals surface area contributed by atoms with E-state index in [4.69, 9.17) is 4.42 Å². The number of nitrogens with one attached hydrogen (secondary N) is 1. The van der Waals surface area contributed by atoms with Crippen molar-refractivity contribution in [1.82, 2.24) is 9.71 Å². The van der Waals surface area contributed by atoms with Crippen LogP contribution in [0.2, 0.25) is 0 Å². The van der Waals surface area contributed by atoms with Crippen molar-refractivity contribution >= 4 is 10.0 Å². The van der Waals surface area contributed by atoms with Gasteiger partial charge < -0.3 is 4.42 Å². The van der Waals surface area contributed by atoms with Crippen LogP contribution in [0.3, 0.4) is 0 Å². The lowest BCUT2D eigenvalue weighted by molar-refractivity contribution is 0.466. The molecule has 6 heteroatoms. The molecular formula is C13H16N2O3S. The highest BCUT2D eigenvalue weighted by molar-refractivity contribution is 7.89. The van der Waals surface area contributed by atoms with Gasteiger partial charge in [0.2, 0.25) is 10.0 Å². The zero-order valence-electron chi connectivity index (χ0n) is 11.1. The van der Waals surface area contributed by atoms with Gasteiger partial charge in [-0.1, -0.05) is 12.1 Å². The minimum absolute atomic E-state index is 0.100. The van der Waals surface area contributed by atoms with E-state index in [1.165, 1.54) is 0 Å². The maximum Gasteiger partial charge on any atom is 0.240 e. The number of oxazole rings is 1. The third kappa shape index (κ3) is 3.21. The summed E-state index contributed by atoms with van der Waals surface area (Å²) in [5.74, 6) is 1.07. The van der Waals surface area contributed by atoms with Gasteiger partial charge in [-0.15, -0.1) is 0 Å². The van der Waals surface area contributed by atoms with E-state index in [1.54, 1.807) is 32.0 Å². The van der Waals surface area contributed by atoms with Gasteiger partial charge in [-0.05, 0) is 31.5 Å². The molecule has 0 spiro atoms. The number of nitrogens with zero attached hydrogens (tertiary/aromatic N) is 1. The normalized spacial score (nSPS) is 11.7. The molecule has 0 saturated heterocycles. The highest BCUT2D eigenvalue weighted by Gasteiger charge is 2.16. The zero-order chi connectivity index (χ0) is 14.0. The quantitative estimate of drug-likeness (QED) is 0.930. The van der Waals surface area contributed by atoms with Gasteiger partial charge in [0.25, 0.3) is 0 Å². The lowest BCUT2D eigenvalue weighted by Gasteiger charge is -2.06. The van der Waals surface area contributed by atoms with E-state index in [1.807, 2.05) is 13.0 Å². The summed E-state index contributed by atoms with van der Waals surface area (Å²) in [4.78, 5) is 4.35. The average molecular weight is 280 g/mol. The van der Waals surface area contributed by atoms with Gasteiger partial charge in [0, 0.05) is 6.92 Å². The summed E-state index contributed by atoms with van der Waals surface area (Å²) in [5.41, 5.74) is 1.60. The molecule has 0 atom stereocenters. The zero-order valence-corrected chi connectivity index (χ0v) is 11.9. The van der Waals surface area contributed by atoms with E-state index in [9.17, 15) is 8.42 Å². The van der Waals surface area contributed by atoms with Crippen LogP contribution in [-0.2, 0) is 16.6 Å². The number of rotatable bonds is 4. The molecule has 0 bridgehead atoms. The Bertz CT molecular complexity index is 690. The summed E-state index contributed by atoms with van der Waals surface area (Å²) in [7, 11) is -3.53.